The van der Waals surface area contributed by atoms with Crippen molar-refractivity contribution in [1.82, 2.24) is 0 Å². The molecule has 0 aromatic heterocycles. The monoisotopic (exact) mass is 185 g/mol. The van der Waals surface area contributed by atoms with Crippen molar-refractivity contribution in [2.24, 2.45) is 5.92 Å². The second-order valence-corrected chi connectivity index (χ2v) is 3.73. The molecule has 0 saturated heterocycles. The van der Waals surface area contributed by atoms with Gasteiger partial charge in [0.25, 0.3) is 0 Å². The lowest BCUT2D eigenvalue weighted by Gasteiger charge is -2.14. The van der Waals surface area contributed by atoms with Gasteiger partial charge in [-0.1, -0.05) is 40.0 Å². The van der Waals surface area contributed by atoms with Crippen LogP contribution in [0.2, 0.25) is 0 Å². The largest absolute Gasteiger partial charge is 0.381 e. The Morgan fingerprint density at radius 2 is 1.85 bits per heavy atom. The zero-order valence-corrected chi connectivity index (χ0v) is 9.35. The van der Waals surface area contributed by atoms with Crippen molar-refractivity contribution in [3.8, 4) is 0 Å². The summed E-state index contributed by atoms with van der Waals surface area (Å²) >= 11 is 0. The maximum Gasteiger partial charge on any atom is 0.0494 e. The molecule has 1 atom stereocenters. The van der Waals surface area contributed by atoms with E-state index < -0.39 is 0 Å². The molecule has 0 aliphatic carbocycles. The van der Waals surface area contributed by atoms with Crippen molar-refractivity contribution in [3.63, 3.8) is 0 Å². The van der Waals surface area contributed by atoms with Crippen LogP contribution < -0.4 is 0 Å². The lowest BCUT2D eigenvalue weighted by molar-refractivity contribution is 0.0938. The summed E-state index contributed by atoms with van der Waals surface area (Å²) in [6.45, 7) is 10.2. The van der Waals surface area contributed by atoms with Crippen LogP contribution in [0, 0.1) is 12.8 Å². The second-order valence-electron chi connectivity index (χ2n) is 3.73. The summed E-state index contributed by atoms with van der Waals surface area (Å²) in [6, 6.07) is 0. The molecule has 0 aromatic carbocycles. The topological polar surface area (TPSA) is 9.23 Å². The quantitative estimate of drug-likeness (QED) is 0.496. The number of rotatable bonds is 9. The minimum absolute atomic E-state index is 0.691. The highest BCUT2D eigenvalue weighted by molar-refractivity contribution is 4.59. The smallest absolute Gasteiger partial charge is 0.0494 e. The van der Waals surface area contributed by atoms with Gasteiger partial charge in [-0.25, -0.2) is 0 Å². The number of unbranched alkanes of at least 4 members (excludes halogenated alkanes) is 2. The van der Waals surface area contributed by atoms with Crippen LogP contribution in [0.15, 0.2) is 0 Å². The molecule has 79 valence electrons. The zero-order chi connectivity index (χ0) is 9.94. The van der Waals surface area contributed by atoms with E-state index in [4.69, 9.17) is 4.74 Å². The summed E-state index contributed by atoms with van der Waals surface area (Å²) in [5.74, 6) is 0.691. The van der Waals surface area contributed by atoms with Gasteiger partial charge in [0.2, 0.25) is 0 Å². The fraction of sp³-hybridized carbons (Fsp3) is 0.917. The lowest BCUT2D eigenvalue weighted by Crippen LogP contribution is -2.09. The van der Waals surface area contributed by atoms with Gasteiger partial charge in [-0.3, -0.25) is 0 Å². The Kier molecular flexibility index (Phi) is 10.0. The highest BCUT2D eigenvalue weighted by atomic mass is 16.5. The molecule has 0 rings (SSSR count). The SMILES string of the molecule is [CH2]CC(CCCC)COCCCC. The van der Waals surface area contributed by atoms with E-state index in [1.54, 1.807) is 0 Å². The highest BCUT2D eigenvalue weighted by Gasteiger charge is 2.04. The molecule has 1 nitrogen and oxygen atoms in total. The van der Waals surface area contributed by atoms with Crippen LogP contribution in [0.4, 0.5) is 0 Å². The maximum atomic E-state index is 5.58. The Labute approximate surface area is 83.9 Å². The first-order valence-corrected chi connectivity index (χ1v) is 5.72. The fourth-order valence-electron chi connectivity index (χ4n) is 1.30. The van der Waals surface area contributed by atoms with Crippen LogP contribution in [0.1, 0.15) is 52.4 Å². The molecule has 0 N–H and O–H groups in total. The molecule has 1 unspecified atom stereocenters. The van der Waals surface area contributed by atoms with Crippen molar-refractivity contribution in [2.75, 3.05) is 13.2 Å². The molecule has 0 spiro atoms. The molecule has 13 heavy (non-hydrogen) atoms. The number of hydrogen-bond acceptors (Lipinski definition) is 1. The first kappa shape index (κ1) is 13.0. The van der Waals surface area contributed by atoms with Gasteiger partial charge in [0.15, 0.2) is 0 Å². The van der Waals surface area contributed by atoms with E-state index in [0.29, 0.717) is 5.92 Å². The molecule has 1 radical (unpaired) electrons. The van der Waals surface area contributed by atoms with Crippen LogP contribution in [0.25, 0.3) is 0 Å². The van der Waals surface area contributed by atoms with Gasteiger partial charge in [0, 0.05) is 13.2 Å². The van der Waals surface area contributed by atoms with Crippen molar-refractivity contribution in [1.29, 1.82) is 0 Å². The Bertz CT molecular complexity index is 91.1. The lowest BCUT2D eigenvalue weighted by atomic mass is 10.0. The molecule has 0 saturated carbocycles. The molecule has 1 heteroatoms. The summed E-state index contributed by atoms with van der Waals surface area (Å²) in [6.07, 6.45) is 7.32. The summed E-state index contributed by atoms with van der Waals surface area (Å²) in [7, 11) is 0. The average Bonchev–Trinajstić information content (AvgIpc) is 2.17. The van der Waals surface area contributed by atoms with Crippen molar-refractivity contribution in [2.45, 2.75) is 52.4 Å². The van der Waals surface area contributed by atoms with Gasteiger partial charge in [-0.2, -0.15) is 0 Å². The number of hydrogen-bond donors (Lipinski definition) is 0. The maximum absolute atomic E-state index is 5.58. The molecule has 0 aromatic rings. The number of ether oxygens (including phenoxy) is 1. The Morgan fingerprint density at radius 3 is 2.38 bits per heavy atom. The fourth-order valence-corrected chi connectivity index (χ4v) is 1.30. The van der Waals surface area contributed by atoms with Gasteiger partial charge >= 0.3 is 0 Å². The molecule has 0 amide bonds. The average molecular weight is 185 g/mol. The van der Waals surface area contributed by atoms with Crippen molar-refractivity contribution >= 4 is 0 Å². The molecule has 0 bridgehead atoms. The third kappa shape index (κ3) is 8.29. The zero-order valence-electron chi connectivity index (χ0n) is 9.35. The minimum atomic E-state index is 0.691. The van der Waals surface area contributed by atoms with Crippen LogP contribution >= 0.6 is 0 Å². The summed E-state index contributed by atoms with van der Waals surface area (Å²) in [4.78, 5) is 0. The van der Waals surface area contributed by atoms with Crippen LogP contribution in [-0.2, 0) is 4.74 Å². The molecule has 0 heterocycles. The molecule has 0 aliphatic rings. The van der Waals surface area contributed by atoms with Crippen LogP contribution in [-0.4, -0.2) is 13.2 Å². The van der Waals surface area contributed by atoms with E-state index >= 15 is 0 Å². The predicted octanol–water partition coefficient (Wildman–Crippen LogP) is 3.83. The van der Waals surface area contributed by atoms with Gasteiger partial charge in [-0.15, -0.1) is 0 Å². The first-order valence-electron chi connectivity index (χ1n) is 5.72. The van der Waals surface area contributed by atoms with E-state index in [2.05, 4.69) is 20.8 Å². The van der Waals surface area contributed by atoms with Crippen molar-refractivity contribution < 1.29 is 4.74 Å². The summed E-state index contributed by atoms with van der Waals surface area (Å²) in [5.41, 5.74) is 0. The standard InChI is InChI=1S/C12H25O/c1-4-7-9-12(6-3)11-13-10-8-5-2/h12H,3-11H2,1-2H3. The van der Waals surface area contributed by atoms with Gasteiger partial charge in [-0.05, 0) is 25.2 Å². The van der Waals surface area contributed by atoms with E-state index in [-0.39, 0.29) is 0 Å². The van der Waals surface area contributed by atoms with Crippen LogP contribution in [0.3, 0.4) is 0 Å². The summed E-state index contributed by atoms with van der Waals surface area (Å²) in [5, 5.41) is 0. The molecule has 0 aliphatic heterocycles. The Hall–Kier alpha value is -0.0400. The predicted molar refractivity (Wildman–Crippen MR) is 58.7 cm³/mol. The molecular weight excluding hydrogens is 160 g/mol. The highest BCUT2D eigenvalue weighted by Crippen LogP contribution is 2.12. The molecular formula is C12H25O. The van der Waals surface area contributed by atoms with E-state index in [1.165, 1.54) is 32.1 Å². The van der Waals surface area contributed by atoms with Gasteiger partial charge < -0.3 is 4.74 Å². The molecule has 0 fully saturated rings. The first-order chi connectivity index (χ1) is 6.35. The third-order valence-corrected chi connectivity index (χ3v) is 2.37. The van der Waals surface area contributed by atoms with E-state index in [9.17, 15) is 0 Å². The minimum Gasteiger partial charge on any atom is -0.381 e. The van der Waals surface area contributed by atoms with Crippen molar-refractivity contribution in [3.05, 3.63) is 6.92 Å². The van der Waals surface area contributed by atoms with E-state index in [0.717, 1.165) is 19.6 Å². The third-order valence-electron chi connectivity index (χ3n) is 2.37. The van der Waals surface area contributed by atoms with Crippen LogP contribution in [0.5, 0.6) is 0 Å². The summed E-state index contributed by atoms with van der Waals surface area (Å²) < 4.78 is 5.58. The normalized spacial score (nSPS) is 13.2. The van der Waals surface area contributed by atoms with Gasteiger partial charge in [0.1, 0.15) is 0 Å². The second kappa shape index (κ2) is 10.0. The Balaban J connectivity index is 3.25. The van der Waals surface area contributed by atoms with Gasteiger partial charge in [0.05, 0.1) is 0 Å². The Morgan fingerprint density at radius 1 is 1.15 bits per heavy atom. The van der Waals surface area contributed by atoms with E-state index in [1.807, 2.05) is 0 Å².